The summed E-state index contributed by atoms with van der Waals surface area (Å²) in [6.07, 6.45) is 0. The number of nitrogens with two attached hydrogens (primary N) is 2. The topological polar surface area (TPSA) is 121 Å². The maximum absolute atomic E-state index is 6.16. The summed E-state index contributed by atoms with van der Waals surface area (Å²) in [5, 5.41) is 2.09. The molecule has 0 atom stereocenters. The molecule has 3 heterocycles. The van der Waals surface area contributed by atoms with Crippen LogP contribution in [0.15, 0.2) is 60.7 Å². The quantitative estimate of drug-likeness (QED) is 0.351. The molecule has 0 saturated carbocycles. The van der Waals surface area contributed by atoms with E-state index in [0.29, 0.717) is 77.3 Å². The second-order valence-corrected chi connectivity index (χ2v) is 10.4. The highest BCUT2D eigenvalue weighted by Gasteiger charge is 2.12. The number of pyridine rings is 2. The number of ether oxygens (including phenoxy) is 4. The Kier molecular flexibility index (Phi) is 11.3. The third-order valence-corrected chi connectivity index (χ3v) is 7.34. The van der Waals surface area contributed by atoms with Gasteiger partial charge in [0.25, 0.3) is 0 Å². The first kappa shape index (κ1) is 30.1. The highest BCUT2D eigenvalue weighted by molar-refractivity contribution is 5.89. The fourth-order valence-corrected chi connectivity index (χ4v) is 5.01. The first-order chi connectivity index (χ1) is 20.7. The number of fused-ring (bicyclic) bond motifs is 2. The lowest BCUT2D eigenvalue weighted by Crippen LogP contribution is -2.33. The summed E-state index contributed by atoms with van der Waals surface area (Å²) >= 11 is 0. The highest BCUT2D eigenvalue weighted by atomic mass is 16.5. The maximum atomic E-state index is 6.16. The molecule has 0 aliphatic carbocycles. The van der Waals surface area contributed by atoms with E-state index in [1.54, 1.807) is 0 Å². The monoisotopic (exact) mass is 574 g/mol. The minimum Gasteiger partial charge on any atom is -0.397 e. The van der Waals surface area contributed by atoms with E-state index in [9.17, 15) is 0 Å². The predicted octanol–water partition coefficient (Wildman–Crippen LogP) is 3.33. The normalized spacial score (nSPS) is 18.1. The Labute approximate surface area is 247 Å². The van der Waals surface area contributed by atoms with Crippen molar-refractivity contribution in [3.63, 3.8) is 0 Å². The fraction of sp³-hybridized carbons (Fsp3) is 0.438. The van der Waals surface area contributed by atoms with Crippen LogP contribution < -0.4 is 11.5 Å². The van der Waals surface area contributed by atoms with Gasteiger partial charge < -0.3 is 30.4 Å². The van der Waals surface area contributed by atoms with Crippen molar-refractivity contribution in [3.05, 3.63) is 72.1 Å². The lowest BCUT2D eigenvalue weighted by atomic mass is 10.1. The van der Waals surface area contributed by atoms with Gasteiger partial charge in [-0.25, -0.2) is 9.97 Å². The number of rotatable bonds is 4. The van der Waals surface area contributed by atoms with Crippen LogP contribution in [0.4, 0.5) is 11.4 Å². The molecule has 1 aliphatic heterocycles. The van der Waals surface area contributed by atoms with Crippen LogP contribution in [0.3, 0.4) is 0 Å². The average molecular weight is 575 g/mol. The zero-order chi connectivity index (χ0) is 29.0. The van der Waals surface area contributed by atoms with E-state index in [-0.39, 0.29) is 0 Å². The van der Waals surface area contributed by atoms with Crippen LogP contribution in [0.1, 0.15) is 11.4 Å². The zero-order valence-corrected chi connectivity index (χ0v) is 24.2. The summed E-state index contributed by atoms with van der Waals surface area (Å²) in [7, 11) is 0. The molecule has 0 bridgehead atoms. The number of benzene rings is 2. The molecule has 224 valence electrons. The SMILES string of the molecule is Nc1cccc2ccc(CN3CCOCCOCCN(Cc4ccc5cccc(N)c5n4)CCOCCOCC3)nc12. The van der Waals surface area contributed by atoms with Crippen molar-refractivity contribution in [3.8, 4) is 0 Å². The van der Waals surface area contributed by atoms with Gasteiger partial charge in [-0.05, 0) is 24.3 Å². The summed E-state index contributed by atoms with van der Waals surface area (Å²) in [6.45, 7) is 9.04. The molecule has 0 spiro atoms. The maximum Gasteiger partial charge on any atom is 0.0935 e. The number of hydrogen-bond donors (Lipinski definition) is 2. The molecule has 2 aromatic carbocycles. The number of para-hydroxylation sites is 2. The Balaban J connectivity index is 1.12. The van der Waals surface area contributed by atoms with Crippen molar-refractivity contribution < 1.29 is 18.9 Å². The van der Waals surface area contributed by atoms with Crippen LogP contribution in [-0.4, -0.2) is 98.8 Å². The molecule has 2 aromatic heterocycles. The summed E-state index contributed by atoms with van der Waals surface area (Å²) in [4.78, 5) is 14.2. The van der Waals surface area contributed by atoms with Gasteiger partial charge in [0.05, 0.1) is 86.7 Å². The van der Waals surface area contributed by atoms with Crippen molar-refractivity contribution in [2.75, 3.05) is 90.5 Å². The molecule has 4 aromatic rings. The Hall–Kier alpha value is -3.38. The van der Waals surface area contributed by atoms with Gasteiger partial charge in [-0.1, -0.05) is 36.4 Å². The smallest absolute Gasteiger partial charge is 0.0935 e. The predicted molar refractivity (Wildman–Crippen MR) is 166 cm³/mol. The van der Waals surface area contributed by atoms with Gasteiger partial charge in [0.15, 0.2) is 0 Å². The zero-order valence-electron chi connectivity index (χ0n) is 24.2. The molecule has 1 saturated heterocycles. The number of nitrogen functional groups attached to an aromatic ring is 2. The van der Waals surface area contributed by atoms with Crippen molar-refractivity contribution in [1.29, 1.82) is 0 Å². The van der Waals surface area contributed by atoms with Crippen molar-refractivity contribution in [1.82, 2.24) is 19.8 Å². The van der Waals surface area contributed by atoms with Gasteiger partial charge in [-0.3, -0.25) is 9.80 Å². The molecule has 10 heteroatoms. The molecule has 0 radical (unpaired) electrons. The Morgan fingerprint density at radius 1 is 0.500 bits per heavy atom. The molecular weight excluding hydrogens is 532 g/mol. The lowest BCUT2D eigenvalue weighted by Gasteiger charge is -2.23. The molecule has 0 amide bonds. The third kappa shape index (κ3) is 8.81. The van der Waals surface area contributed by atoms with E-state index in [2.05, 4.69) is 34.1 Å². The van der Waals surface area contributed by atoms with Crippen LogP contribution in [0.25, 0.3) is 21.8 Å². The van der Waals surface area contributed by atoms with Gasteiger partial charge >= 0.3 is 0 Å². The molecule has 10 nitrogen and oxygen atoms in total. The van der Waals surface area contributed by atoms with Crippen molar-refractivity contribution in [2.24, 2.45) is 0 Å². The average Bonchev–Trinajstić information content (AvgIpc) is 2.99. The first-order valence-corrected chi connectivity index (χ1v) is 14.7. The van der Waals surface area contributed by atoms with Gasteiger partial charge in [0, 0.05) is 50.0 Å². The molecule has 5 rings (SSSR count). The van der Waals surface area contributed by atoms with Crippen LogP contribution in [0.2, 0.25) is 0 Å². The molecule has 0 unspecified atom stereocenters. The van der Waals surface area contributed by atoms with E-state index in [1.165, 1.54) is 0 Å². The molecular formula is C32H42N6O4. The number of aromatic nitrogens is 2. The van der Waals surface area contributed by atoms with Crippen molar-refractivity contribution >= 4 is 33.2 Å². The highest BCUT2D eigenvalue weighted by Crippen LogP contribution is 2.20. The third-order valence-electron chi connectivity index (χ3n) is 7.34. The van der Waals surface area contributed by atoms with Crippen molar-refractivity contribution in [2.45, 2.75) is 13.1 Å². The summed E-state index contributed by atoms with van der Waals surface area (Å²) < 4.78 is 23.6. The fourth-order valence-electron chi connectivity index (χ4n) is 5.01. The molecule has 1 fully saturated rings. The summed E-state index contributed by atoms with van der Waals surface area (Å²) in [5.41, 5.74) is 17.3. The molecule has 1 aliphatic rings. The number of hydrogen-bond acceptors (Lipinski definition) is 10. The van der Waals surface area contributed by atoms with Gasteiger partial charge in [-0.2, -0.15) is 0 Å². The summed E-state index contributed by atoms with van der Waals surface area (Å²) in [6, 6.07) is 20.0. The molecule has 4 N–H and O–H groups in total. The van der Waals surface area contributed by atoms with E-state index in [0.717, 1.165) is 59.4 Å². The molecule has 42 heavy (non-hydrogen) atoms. The van der Waals surface area contributed by atoms with Gasteiger partial charge in [0.1, 0.15) is 0 Å². The Bertz CT molecular complexity index is 1290. The van der Waals surface area contributed by atoms with Gasteiger partial charge in [-0.15, -0.1) is 0 Å². The Morgan fingerprint density at radius 2 is 0.881 bits per heavy atom. The first-order valence-electron chi connectivity index (χ1n) is 14.7. The standard InChI is InChI=1S/C32H42N6O4/c33-29-5-1-3-25-7-9-27(35-31(25)29)23-37-11-15-39-19-21-41-17-13-38(14-18-42-22-20-40-16-12-37)24-28-10-8-26-4-2-6-30(34)32(26)36-28/h1-10H,11-24,33-34H2. The lowest BCUT2D eigenvalue weighted by molar-refractivity contribution is 0.00601. The van der Waals surface area contributed by atoms with E-state index in [1.807, 2.05) is 36.4 Å². The van der Waals surface area contributed by atoms with Crippen LogP contribution in [0, 0.1) is 0 Å². The van der Waals surface area contributed by atoms with Crippen LogP contribution in [0.5, 0.6) is 0 Å². The number of anilines is 2. The van der Waals surface area contributed by atoms with E-state index < -0.39 is 0 Å². The minimum atomic E-state index is 0.545. The second kappa shape index (κ2) is 15.7. The Morgan fingerprint density at radius 3 is 1.26 bits per heavy atom. The van der Waals surface area contributed by atoms with E-state index in [4.69, 9.17) is 40.4 Å². The summed E-state index contributed by atoms with van der Waals surface area (Å²) in [5.74, 6) is 0. The minimum absolute atomic E-state index is 0.545. The van der Waals surface area contributed by atoms with Gasteiger partial charge in [0.2, 0.25) is 0 Å². The van der Waals surface area contributed by atoms with E-state index >= 15 is 0 Å². The second-order valence-electron chi connectivity index (χ2n) is 10.4. The van der Waals surface area contributed by atoms with Crippen LogP contribution >= 0.6 is 0 Å². The van der Waals surface area contributed by atoms with Crippen LogP contribution in [-0.2, 0) is 32.0 Å². The number of nitrogens with zero attached hydrogens (tertiary/aromatic N) is 4. The largest absolute Gasteiger partial charge is 0.397 e.